The van der Waals surface area contributed by atoms with Crippen molar-refractivity contribution in [1.29, 1.82) is 0 Å². The number of carbonyl (C=O) groups excluding carboxylic acids is 2. The Morgan fingerprint density at radius 3 is 2.17 bits per heavy atom. The van der Waals surface area contributed by atoms with E-state index in [4.69, 9.17) is 0 Å². The fourth-order valence-corrected chi connectivity index (χ4v) is 2.57. The highest BCUT2D eigenvalue weighted by Crippen LogP contribution is 2.16. The van der Waals surface area contributed by atoms with Gasteiger partial charge in [0.2, 0.25) is 5.91 Å². The van der Waals surface area contributed by atoms with Crippen molar-refractivity contribution in [3.63, 3.8) is 0 Å². The predicted molar refractivity (Wildman–Crippen MR) is 98.3 cm³/mol. The van der Waals surface area contributed by atoms with E-state index in [0.29, 0.717) is 11.1 Å². The molecule has 0 saturated carbocycles. The molecule has 30 heavy (non-hydrogen) atoms. The van der Waals surface area contributed by atoms with Gasteiger partial charge >= 0.3 is 18.1 Å². The Balaban J connectivity index is 2.17. The summed E-state index contributed by atoms with van der Waals surface area (Å²) in [5, 5.41) is 22.4. The number of carboxylic acid groups (broad SMARTS) is 1. The zero-order valence-electron chi connectivity index (χ0n) is 15.4. The molecular formula is C20H18F3N2O5. The molecule has 2 rings (SSSR count). The Morgan fingerprint density at radius 2 is 1.63 bits per heavy atom. The maximum atomic E-state index is 12.7. The summed E-state index contributed by atoms with van der Waals surface area (Å²) in [4.78, 5) is 35.4. The van der Waals surface area contributed by atoms with Gasteiger partial charge in [-0.3, -0.25) is 9.59 Å². The minimum atomic E-state index is -5.21. The third-order valence-corrected chi connectivity index (χ3v) is 4.07. The maximum absolute atomic E-state index is 12.7. The number of benzene rings is 2. The molecule has 10 heteroatoms. The van der Waals surface area contributed by atoms with Crippen LogP contribution in [0.2, 0.25) is 0 Å². The van der Waals surface area contributed by atoms with Crippen LogP contribution in [-0.2, 0) is 27.2 Å². The first-order chi connectivity index (χ1) is 14.1. The van der Waals surface area contributed by atoms with Gasteiger partial charge in [-0.05, 0) is 29.3 Å². The minimum absolute atomic E-state index is 0.0382. The number of hydrogen-bond donors (Lipinski definition) is 4. The van der Waals surface area contributed by atoms with Crippen molar-refractivity contribution >= 4 is 17.8 Å². The van der Waals surface area contributed by atoms with Crippen molar-refractivity contribution in [2.75, 3.05) is 0 Å². The average molecular weight is 423 g/mol. The van der Waals surface area contributed by atoms with Crippen LogP contribution in [0.5, 0.6) is 5.75 Å². The zero-order chi connectivity index (χ0) is 22.3. The number of phenolic OH excluding ortho intramolecular Hbond substituents is 1. The van der Waals surface area contributed by atoms with E-state index in [1.54, 1.807) is 17.4 Å². The van der Waals surface area contributed by atoms with Crippen LogP contribution in [0.25, 0.3) is 0 Å². The van der Waals surface area contributed by atoms with E-state index < -0.39 is 36.0 Å². The monoisotopic (exact) mass is 423 g/mol. The fraction of sp³-hybridized carbons (Fsp3) is 0.250. The lowest BCUT2D eigenvalue weighted by molar-refractivity contribution is -0.174. The fourth-order valence-electron chi connectivity index (χ4n) is 2.57. The quantitative estimate of drug-likeness (QED) is 0.515. The largest absolute Gasteiger partial charge is 0.508 e. The Bertz CT molecular complexity index is 886. The van der Waals surface area contributed by atoms with Crippen LogP contribution in [0.15, 0.2) is 48.5 Å². The van der Waals surface area contributed by atoms with Gasteiger partial charge in [0.05, 0.1) is 0 Å². The highest BCUT2D eigenvalue weighted by Gasteiger charge is 2.41. The summed E-state index contributed by atoms with van der Waals surface area (Å²) < 4.78 is 38.0. The number of amides is 2. The molecule has 0 aromatic heterocycles. The summed E-state index contributed by atoms with van der Waals surface area (Å²) in [6, 6.07) is 11.3. The molecule has 0 bridgehead atoms. The van der Waals surface area contributed by atoms with Crippen LogP contribution in [-0.4, -0.2) is 46.3 Å². The highest BCUT2D eigenvalue weighted by atomic mass is 19.4. The first-order valence-corrected chi connectivity index (χ1v) is 8.70. The van der Waals surface area contributed by atoms with E-state index in [0.717, 1.165) is 0 Å². The van der Waals surface area contributed by atoms with Gasteiger partial charge in [0.1, 0.15) is 17.8 Å². The van der Waals surface area contributed by atoms with Crippen molar-refractivity contribution in [2.24, 2.45) is 0 Å². The molecule has 1 unspecified atom stereocenters. The summed E-state index contributed by atoms with van der Waals surface area (Å²) in [6.45, 7) is 0. The molecule has 0 aliphatic carbocycles. The average Bonchev–Trinajstić information content (AvgIpc) is 2.68. The number of aromatic hydroxyl groups is 1. The molecule has 0 fully saturated rings. The molecule has 2 aromatic rings. The van der Waals surface area contributed by atoms with E-state index in [2.05, 4.69) is 11.4 Å². The number of nitrogens with one attached hydrogen (secondary N) is 2. The SMILES string of the molecule is O=C(N[C@@H](Cc1ccc(O)cc1)C(=O)O)C(Cc1[c]cccc1)NC(=O)C(F)(F)F. The number of aliphatic carboxylic acids is 1. The second kappa shape index (κ2) is 9.77. The van der Waals surface area contributed by atoms with Gasteiger partial charge in [-0.1, -0.05) is 36.4 Å². The summed E-state index contributed by atoms with van der Waals surface area (Å²) >= 11 is 0. The van der Waals surface area contributed by atoms with Crippen LogP contribution < -0.4 is 10.6 Å². The van der Waals surface area contributed by atoms with Crippen LogP contribution in [0.1, 0.15) is 11.1 Å². The number of carbonyl (C=O) groups is 3. The molecule has 7 nitrogen and oxygen atoms in total. The van der Waals surface area contributed by atoms with E-state index >= 15 is 0 Å². The second-order valence-corrected chi connectivity index (χ2v) is 6.39. The van der Waals surface area contributed by atoms with Crippen LogP contribution >= 0.6 is 0 Å². The van der Waals surface area contributed by atoms with Crippen molar-refractivity contribution in [2.45, 2.75) is 31.1 Å². The molecule has 2 atom stereocenters. The molecule has 2 amide bonds. The molecule has 159 valence electrons. The van der Waals surface area contributed by atoms with Crippen molar-refractivity contribution in [3.8, 4) is 5.75 Å². The Labute approximate surface area is 169 Å². The van der Waals surface area contributed by atoms with E-state index in [9.17, 15) is 37.8 Å². The van der Waals surface area contributed by atoms with Crippen LogP contribution in [0, 0.1) is 6.07 Å². The molecule has 0 heterocycles. The lowest BCUT2D eigenvalue weighted by Crippen LogP contribution is -2.55. The number of alkyl halides is 3. The van der Waals surface area contributed by atoms with E-state index in [-0.39, 0.29) is 18.6 Å². The first-order valence-electron chi connectivity index (χ1n) is 8.70. The van der Waals surface area contributed by atoms with Crippen molar-refractivity contribution in [3.05, 3.63) is 65.7 Å². The molecule has 0 aliphatic rings. The molecule has 1 radical (unpaired) electrons. The Hall–Kier alpha value is -3.56. The number of hydrogen-bond acceptors (Lipinski definition) is 4. The summed E-state index contributed by atoms with van der Waals surface area (Å²) in [7, 11) is 0. The lowest BCUT2D eigenvalue weighted by Gasteiger charge is -2.22. The summed E-state index contributed by atoms with van der Waals surface area (Å²) in [5.41, 5.74) is 0.818. The van der Waals surface area contributed by atoms with Gasteiger partial charge in [-0.25, -0.2) is 4.79 Å². The van der Waals surface area contributed by atoms with Gasteiger partial charge in [-0.15, -0.1) is 0 Å². The smallest absolute Gasteiger partial charge is 0.471 e. The second-order valence-electron chi connectivity index (χ2n) is 6.39. The standard InChI is InChI=1S/C20H18F3N2O5/c21-20(22,23)19(30)25-15(10-12-4-2-1-3-5-12)17(27)24-16(18(28)29)11-13-6-8-14(26)9-7-13/h1-4,6-9,15-16,26H,10-11H2,(H,24,27)(H,25,30)(H,28,29)/t15?,16-/m0/s1. The third-order valence-electron chi connectivity index (χ3n) is 4.07. The minimum Gasteiger partial charge on any atom is -0.508 e. The topological polar surface area (TPSA) is 116 Å². The summed E-state index contributed by atoms with van der Waals surface area (Å²) in [6.07, 6.45) is -5.71. The highest BCUT2D eigenvalue weighted by molar-refractivity contribution is 5.92. The summed E-state index contributed by atoms with van der Waals surface area (Å²) in [5.74, 6) is -4.85. The molecule has 2 aromatic carbocycles. The normalized spacial score (nSPS) is 13.2. The van der Waals surface area contributed by atoms with Crippen molar-refractivity contribution < 1.29 is 37.8 Å². The molecule has 4 N–H and O–H groups in total. The van der Waals surface area contributed by atoms with Crippen LogP contribution in [0.3, 0.4) is 0 Å². The van der Waals surface area contributed by atoms with Crippen molar-refractivity contribution in [1.82, 2.24) is 10.6 Å². The van der Waals surface area contributed by atoms with E-state index in [1.807, 2.05) is 0 Å². The molecule has 0 saturated heterocycles. The number of phenols is 1. The number of carboxylic acids is 1. The lowest BCUT2D eigenvalue weighted by atomic mass is 10.0. The third kappa shape index (κ3) is 6.80. The molecular weight excluding hydrogens is 405 g/mol. The maximum Gasteiger partial charge on any atom is 0.471 e. The molecule has 0 spiro atoms. The Kier molecular flexibility index (Phi) is 7.40. The number of halogens is 3. The van der Waals surface area contributed by atoms with Gasteiger partial charge in [0, 0.05) is 12.8 Å². The van der Waals surface area contributed by atoms with Gasteiger partial charge < -0.3 is 20.8 Å². The predicted octanol–water partition coefficient (Wildman–Crippen LogP) is 1.59. The van der Waals surface area contributed by atoms with Gasteiger partial charge in [-0.2, -0.15) is 13.2 Å². The van der Waals surface area contributed by atoms with Gasteiger partial charge in [0.25, 0.3) is 0 Å². The van der Waals surface area contributed by atoms with Gasteiger partial charge in [0.15, 0.2) is 0 Å². The zero-order valence-corrected chi connectivity index (χ0v) is 15.4. The molecule has 0 aliphatic heterocycles. The first kappa shape index (κ1) is 22.7. The Morgan fingerprint density at radius 1 is 0.967 bits per heavy atom. The van der Waals surface area contributed by atoms with Crippen LogP contribution in [0.4, 0.5) is 13.2 Å². The number of rotatable bonds is 8. The van der Waals surface area contributed by atoms with E-state index in [1.165, 1.54) is 36.4 Å².